The Hall–Kier alpha value is -2.19. The van der Waals surface area contributed by atoms with Crippen LogP contribution in [0.4, 0.5) is 9.18 Å². The normalized spacial score (nSPS) is 17.8. The number of carbonyl (C=O) groups is 2. The molecule has 0 saturated carbocycles. The van der Waals surface area contributed by atoms with Crippen LogP contribution in [0.1, 0.15) is 44.1 Å². The maximum absolute atomic E-state index is 14.8. The highest BCUT2D eigenvalue weighted by molar-refractivity contribution is 5.84. The second-order valence-corrected chi connectivity index (χ2v) is 6.72. The summed E-state index contributed by atoms with van der Waals surface area (Å²) < 4.78 is 21.3. The van der Waals surface area contributed by atoms with E-state index in [0.29, 0.717) is 0 Å². The largest absolute Gasteiger partial charge is 0.476 e. The van der Waals surface area contributed by atoms with Gasteiger partial charge >= 0.3 is 12.1 Å². The SMILES string of the molecule is CC(C)(C)OC(=O)N1CCC(F)(Cn2cc(C(=O)O)nn2)CC1. The number of hydrogen-bond donors (Lipinski definition) is 1. The minimum atomic E-state index is -1.55. The van der Waals surface area contributed by atoms with Crippen LogP contribution in [0.15, 0.2) is 6.20 Å². The van der Waals surface area contributed by atoms with Gasteiger partial charge in [0.1, 0.15) is 11.3 Å². The van der Waals surface area contributed by atoms with E-state index < -0.39 is 23.3 Å². The fraction of sp³-hybridized carbons (Fsp3) is 0.714. The summed E-state index contributed by atoms with van der Waals surface area (Å²) in [5.74, 6) is -1.20. The molecule has 2 heterocycles. The molecule has 1 fully saturated rings. The molecule has 0 aromatic carbocycles. The van der Waals surface area contributed by atoms with Crippen molar-refractivity contribution in [2.75, 3.05) is 13.1 Å². The van der Waals surface area contributed by atoms with E-state index in [9.17, 15) is 14.0 Å². The molecular weight excluding hydrogens is 307 g/mol. The van der Waals surface area contributed by atoms with E-state index >= 15 is 0 Å². The molecule has 1 aromatic heterocycles. The van der Waals surface area contributed by atoms with Gasteiger partial charge in [-0.1, -0.05) is 5.21 Å². The molecule has 0 unspecified atom stereocenters. The number of amides is 1. The highest BCUT2D eigenvalue weighted by Gasteiger charge is 2.38. The van der Waals surface area contributed by atoms with Gasteiger partial charge < -0.3 is 14.7 Å². The third-order valence-electron chi connectivity index (χ3n) is 3.51. The Kier molecular flexibility index (Phi) is 4.58. The van der Waals surface area contributed by atoms with Gasteiger partial charge in [0.15, 0.2) is 5.69 Å². The smallest absolute Gasteiger partial charge is 0.410 e. The zero-order valence-corrected chi connectivity index (χ0v) is 13.5. The van der Waals surface area contributed by atoms with Gasteiger partial charge in [0, 0.05) is 25.9 Å². The third-order valence-corrected chi connectivity index (χ3v) is 3.51. The van der Waals surface area contributed by atoms with Crippen LogP contribution in [-0.4, -0.2) is 61.4 Å². The lowest BCUT2D eigenvalue weighted by molar-refractivity contribution is -0.00150. The summed E-state index contributed by atoms with van der Waals surface area (Å²) in [7, 11) is 0. The van der Waals surface area contributed by atoms with Crippen molar-refractivity contribution >= 4 is 12.1 Å². The zero-order chi connectivity index (χ0) is 17.3. The van der Waals surface area contributed by atoms with E-state index in [-0.39, 0.29) is 38.2 Å². The number of hydrogen-bond acceptors (Lipinski definition) is 5. The van der Waals surface area contributed by atoms with Crippen molar-refractivity contribution in [3.8, 4) is 0 Å². The van der Waals surface area contributed by atoms with Gasteiger partial charge in [0.2, 0.25) is 0 Å². The molecule has 23 heavy (non-hydrogen) atoms. The summed E-state index contributed by atoms with van der Waals surface area (Å²) in [4.78, 5) is 24.2. The molecule has 0 radical (unpaired) electrons. The average Bonchev–Trinajstić information content (AvgIpc) is 2.85. The van der Waals surface area contributed by atoms with Crippen LogP contribution in [0, 0.1) is 0 Å². The van der Waals surface area contributed by atoms with Crippen molar-refractivity contribution in [3.63, 3.8) is 0 Å². The van der Waals surface area contributed by atoms with E-state index in [1.807, 2.05) is 0 Å². The second kappa shape index (κ2) is 6.13. The summed E-state index contributed by atoms with van der Waals surface area (Å²) in [5, 5.41) is 15.9. The summed E-state index contributed by atoms with van der Waals surface area (Å²) in [6, 6.07) is 0. The van der Waals surface area contributed by atoms with Crippen LogP contribution in [0.2, 0.25) is 0 Å². The molecule has 1 aliphatic heterocycles. The lowest BCUT2D eigenvalue weighted by atomic mass is 9.93. The average molecular weight is 328 g/mol. The van der Waals surface area contributed by atoms with Crippen LogP contribution in [0.3, 0.4) is 0 Å². The van der Waals surface area contributed by atoms with Gasteiger partial charge in [-0.3, -0.25) is 0 Å². The number of alkyl halides is 1. The molecule has 0 bridgehead atoms. The first-order valence-electron chi connectivity index (χ1n) is 7.38. The van der Waals surface area contributed by atoms with Crippen molar-refractivity contribution in [1.29, 1.82) is 0 Å². The van der Waals surface area contributed by atoms with Gasteiger partial charge in [-0.15, -0.1) is 5.10 Å². The van der Waals surface area contributed by atoms with Crippen molar-refractivity contribution in [2.45, 2.75) is 51.4 Å². The quantitative estimate of drug-likeness (QED) is 0.907. The van der Waals surface area contributed by atoms with E-state index in [2.05, 4.69) is 10.3 Å². The number of piperidine rings is 1. The Morgan fingerprint density at radius 3 is 2.48 bits per heavy atom. The fourth-order valence-corrected chi connectivity index (χ4v) is 2.34. The standard InChI is InChI=1S/C14H21FN4O4/c1-13(2,3)23-12(22)18-6-4-14(15,5-7-18)9-19-8-10(11(20)21)16-17-19/h8H,4-7,9H2,1-3H3,(H,20,21). The predicted octanol–water partition coefficient (Wildman–Crippen LogP) is 1.72. The minimum Gasteiger partial charge on any atom is -0.476 e. The maximum Gasteiger partial charge on any atom is 0.410 e. The summed E-state index contributed by atoms with van der Waals surface area (Å²) in [6.45, 7) is 5.73. The lowest BCUT2D eigenvalue weighted by Crippen LogP contribution is -2.47. The van der Waals surface area contributed by atoms with Crippen LogP contribution in [0.25, 0.3) is 0 Å². The molecule has 0 aliphatic carbocycles. The molecule has 128 valence electrons. The Balaban J connectivity index is 1.91. The topological polar surface area (TPSA) is 97.5 Å². The number of aromatic carboxylic acids is 1. The zero-order valence-electron chi connectivity index (χ0n) is 13.5. The fourth-order valence-electron chi connectivity index (χ4n) is 2.34. The predicted molar refractivity (Wildman–Crippen MR) is 77.9 cm³/mol. The number of ether oxygens (including phenoxy) is 1. The van der Waals surface area contributed by atoms with Crippen LogP contribution < -0.4 is 0 Å². The van der Waals surface area contributed by atoms with Gasteiger partial charge in [0.05, 0.1) is 12.7 Å². The van der Waals surface area contributed by atoms with Gasteiger partial charge in [-0.2, -0.15) is 0 Å². The molecule has 2 rings (SSSR count). The first kappa shape index (κ1) is 17.2. The highest BCUT2D eigenvalue weighted by atomic mass is 19.1. The van der Waals surface area contributed by atoms with Gasteiger partial charge in [0.25, 0.3) is 0 Å². The highest BCUT2D eigenvalue weighted by Crippen LogP contribution is 2.29. The molecule has 0 spiro atoms. The first-order valence-corrected chi connectivity index (χ1v) is 7.38. The molecule has 1 N–H and O–H groups in total. The molecule has 9 heteroatoms. The Bertz CT molecular complexity index is 588. The van der Waals surface area contributed by atoms with Gasteiger partial charge in [-0.05, 0) is 20.8 Å². The molecular formula is C14H21FN4O4. The van der Waals surface area contributed by atoms with Crippen molar-refractivity contribution in [3.05, 3.63) is 11.9 Å². The van der Waals surface area contributed by atoms with E-state index in [4.69, 9.17) is 9.84 Å². The minimum absolute atomic E-state index is 0.0879. The number of carboxylic acid groups (broad SMARTS) is 1. The van der Waals surface area contributed by atoms with Crippen molar-refractivity contribution < 1.29 is 23.8 Å². The Labute approximate surface area is 133 Å². The lowest BCUT2D eigenvalue weighted by Gasteiger charge is -2.36. The number of carboxylic acids is 1. The summed E-state index contributed by atoms with van der Waals surface area (Å²) in [5.41, 5.74) is -2.36. The number of halogens is 1. The molecule has 1 aliphatic rings. The molecule has 0 atom stereocenters. The number of aromatic nitrogens is 3. The summed E-state index contributed by atoms with van der Waals surface area (Å²) in [6.07, 6.45) is 1.01. The maximum atomic E-state index is 14.8. The van der Waals surface area contributed by atoms with E-state index in [0.717, 1.165) is 0 Å². The number of nitrogens with zero attached hydrogens (tertiary/aromatic N) is 4. The van der Waals surface area contributed by atoms with Crippen LogP contribution in [0.5, 0.6) is 0 Å². The molecule has 8 nitrogen and oxygen atoms in total. The first-order chi connectivity index (χ1) is 10.6. The summed E-state index contributed by atoms with van der Waals surface area (Å²) >= 11 is 0. The van der Waals surface area contributed by atoms with Crippen molar-refractivity contribution in [1.82, 2.24) is 19.9 Å². The molecule has 1 amide bonds. The van der Waals surface area contributed by atoms with Gasteiger partial charge in [-0.25, -0.2) is 18.7 Å². The van der Waals surface area contributed by atoms with E-state index in [1.54, 1.807) is 20.8 Å². The Morgan fingerprint density at radius 1 is 1.39 bits per heavy atom. The monoisotopic (exact) mass is 328 g/mol. The molecule has 1 aromatic rings. The number of likely N-dealkylation sites (tertiary alicyclic amines) is 1. The van der Waals surface area contributed by atoms with Crippen LogP contribution >= 0.6 is 0 Å². The Morgan fingerprint density at radius 2 is 2.00 bits per heavy atom. The van der Waals surface area contributed by atoms with Crippen LogP contribution in [-0.2, 0) is 11.3 Å². The number of rotatable bonds is 3. The molecule has 1 saturated heterocycles. The van der Waals surface area contributed by atoms with Crippen molar-refractivity contribution in [2.24, 2.45) is 0 Å². The third kappa shape index (κ3) is 4.64. The number of carbonyl (C=O) groups excluding carboxylic acids is 1. The van der Waals surface area contributed by atoms with E-state index in [1.165, 1.54) is 15.8 Å². The second-order valence-electron chi connectivity index (χ2n) is 6.72.